The smallest absolute Gasteiger partial charge is 0.228 e. The number of nitrogens with zero attached hydrogens (tertiary/aromatic N) is 5. The van der Waals surface area contributed by atoms with Gasteiger partial charge in [0.2, 0.25) is 5.91 Å². The summed E-state index contributed by atoms with van der Waals surface area (Å²) in [5.74, 6) is 2.44. The van der Waals surface area contributed by atoms with Gasteiger partial charge in [0.15, 0.2) is 0 Å². The minimum atomic E-state index is 0.0464. The number of rotatable bonds is 4. The summed E-state index contributed by atoms with van der Waals surface area (Å²) in [6.07, 6.45) is 2.02. The van der Waals surface area contributed by atoms with Gasteiger partial charge in [-0.05, 0) is 19.8 Å². The van der Waals surface area contributed by atoms with Crippen LogP contribution in [0.25, 0.3) is 0 Å². The molecule has 26 heavy (non-hydrogen) atoms. The largest absolute Gasteiger partial charge is 0.354 e. The van der Waals surface area contributed by atoms with Gasteiger partial charge >= 0.3 is 0 Å². The average Bonchev–Trinajstić information content (AvgIpc) is 2.97. The van der Waals surface area contributed by atoms with Crippen LogP contribution in [0.4, 0.5) is 5.82 Å². The van der Waals surface area contributed by atoms with Gasteiger partial charge in [0, 0.05) is 42.2 Å². The Morgan fingerprint density at radius 3 is 2.85 bits per heavy atom. The summed E-state index contributed by atoms with van der Waals surface area (Å²) in [6.45, 7) is 8.45. The second kappa shape index (κ2) is 6.95. The van der Waals surface area contributed by atoms with E-state index in [1.165, 1.54) is 0 Å². The van der Waals surface area contributed by atoms with E-state index in [-0.39, 0.29) is 17.9 Å². The van der Waals surface area contributed by atoms with Crippen molar-refractivity contribution in [1.82, 2.24) is 19.9 Å². The van der Waals surface area contributed by atoms with E-state index in [9.17, 15) is 4.79 Å². The van der Waals surface area contributed by atoms with Gasteiger partial charge in [-0.15, -0.1) is 11.3 Å². The lowest BCUT2D eigenvalue weighted by Gasteiger charge is -2.35. The Labute approximate surface area is 158 Å². The van der Waals surface area contributed by atoms with Crippen molar-refractivity contribution < 1.29 is 4.79 Å². The summed E-state index contributed by atoms with van der Waals surface area (Å²) in [4.78, 5) is 31.1. The number of anilines is 1. The molecule has 0 N–H and O–H groups in total. The molecular weight excluding hydrogens is 346 g/mol. The van der Waals surface area contributed by atoms with E-state index in [1.54, 1.807) is 11.3 Å². The maximum Gasteiger partial charge on any atom is 0.228 e. The van der Waals surface area contributed by atoms with Crippen LogP contribution in [0.1, 0.15) is 49.8 Å². The summed E-state index contributed by atoms with van der Waals surface area (Å²) in [5.41, 5.74) is 3.81. The average molecular weight is 372 g/mol. The molecule has 3 aliphatic rings. The van der Waals surface area contributed by atoms with Gasteiger partial charge < -0.3 is 9.80 Å². The van der Waals surface area contributed by atoms with Gasteiger partial charge in [0.1, 0.15) is 11.6 Å². The Morgan fingerprint density at radius 2 is 2.12 bits per heavy atom. The fraction of sp³-hybridized carbons (Fsp3) is 0.579. The van der Waals surface area contributed by atoms with Crippen molar-refractivity contribution in [3.05, 3.63) is 34.2 Å². The van der Waals surface area contributed by atoms with E-state index >= 15 is 0 Å². The molecule has 7 heteroatoms. The molecule has 2 aromatic rings. The van der Waals surface area contributed by atoms with E-state index in [0.717, 1.165) is 49.0 Å². The standard InChI is InChI=1S/C19H25N5OS/c1-12(2)18-21-13(3)6-17(22-18)23-7-14-4-5-16(9-23)24(19(14)25)8-15-10-26-11-20-15/h6,10-12,14,16H,4-5,7-9H2,1-3H3/t14-,16+/m0/s1. The van der Waals surface area contributed by atoms with Crippen molar-refractivity contribution in [2.75, 3.05) is 18.0 Å². The number of thiazole rings is 1. The van der Waals surface area contributed by atoms with Gasteiger partial charge in [0.05, 0.1) is 23.7 Å². The molecule has 3 saturated heterocycles. The second-order valence-electron chi connectivity index (χ2n) is 7.66. The number of hydrogen-bond acceptors (Lipinski definition) is 6. The van der Waals surface area contributed by atoms with Crippen LogP contribution in [0.2, 0.25) is 0 Å². The Balaban J connectivity index is 1.61. The van der Waals surface area contributed by atoms with Crippen molar-refractivity contribution in [1.29, 1.82) is 0 Å². The Bertz CT molecular complexity index is 791. The molecule has 2 atom stereocenters. The molecule has 138 valence electrons. The van der Waals surface area contributed by atoms with E-state index in [0.29, 0.717) is 12.5 Å². The quantitative estimate of drug-likeness (QED) is 0.827. The highest BCUT2D eigenvalue weighted by atomic mass is 32.1. The Morgan fingerprint density at radius 1 is 1.27 bits per heavy atom. The number of aryl methyl sites for hydroxylation is 1. The molecule has 0 saturated carbocycles. The molecule has 0 aliphatic carbocycles. The number of fused-ring (bicyclic) bond motifs is 4. The molecule has 0 spiro atoms. The molecule has 3 aliphatic heterocycles. The van der Waals surface area contributed by atoms with Crippen LogP contribution in [0.15, 0.2) is 17.0 Å². The van der Waals surface area contributed by atoms with Crippen LogP contribution in [-0.2, 0) is 11.3 Å². The van der Waals surface area contributed by atoms with Gasteiger partial charge in [-0.25, -0.2) is 15.0 Å². The van der Waals surface area contributed by atoms with Crippen molar-refractivity contribution >= 4 is 23.1 Å². The molecule has 0 unspecified atom stereocenters. The predicted molar refractivity (Wildman–Crippen MR) is 102 cm³/mol. The van der Waals surface area contributed by atoms with E-state index in [2.05, 4.69) is 28.7 Å². The fourth-order valence-corrected chi connectivity index (χ4v) is 4.47. The number of hydrogen-bond donors (Lipinski definition) is 0. The predicted octanol–water partition coefficient (Wildman–Crippen LogP) is 2.99. The SMILES string of the molecule is Cc1cc(N2C[C@@H]3CC[C@H](C2)N(Cc2cscn2)C3=O)nc(C(C)C)n1. The lowest BCUT2D eigenvalue weighted by atomic mass is 9.94. The van der Waals surface area contributed by atoms with E-state index in [4.69, 9.17) is 4.98 Å². The third-order valence-corrected chi connectivity index (χ3v) is 5.94. The summed E-state index contributed by atoms with van der Waals surface area (Å²) < 4.78 is 0. The summed E-state index contributed by atoms with van der Waals surface area (Å²) in [6, 6.07) is 2.27. The minimum absolute atomic E-state index is 0.0464. The highest BCUT2D eigenvalue weighted by molar-refractivity contribution is 7.07. The molecule has 3 fully saturated rings. The molecule has 0 aromatic carbocycles. The molecule has 2 bridgehead atoms. The molecule has 5 rings (SSSR count). The fourth-order valence-electron chi connectivity index (χ4n) is 3.92. The maximum absolute atomic E-state index is 13.0. The van der Waals surface area contributed by atoms with Crippen LogP contribution in [0.5, 0.6) is 0 Å². The lowest BCUT2D eigenvalue weighted by molar-refractivity contribution is -0.140. The van der Waals surface area contributed by atoms with Crippen LogP contribution >= 0.6 is 11.3 Å². The van der Waals surface area contributed by atoms with Crippen molar-refractivity contribution in [2.24, 2.45) is 5.92 Å². The lowest BCUT2D eigenvalue weighted by Crippen LogP contribution is -2.47. The zero-order valence-corrected chi connectivity index (χ0v) is 16.4. The van der Waals surface area contributed by atoms with E-state index in [1.807, 2.05) is 28.8 Å². The minimum Gasteiger partial charge on any atom is -0.354 e. The number of piperidine rings is 1. The number of carbonyl (C=O) groups excluding carboxylic acids is 1. The zero-order chi connectivity index (χ0) is 18.3. The summed E-state index contributed by atoms with van der Waals surface area (Å²) in [7, 11) is 0. The van der Waals surface area contributed by atoms with Crippen LogP contribution in [0.3, 0.4) is 0 Å². The third-order valence-electron chi connectivity index (χ3n) is 5.31. The van der Waals surface area contributed by atoms with Gasteiger partial charge in [-0.3, -0.25) is 4.79 Å². The molecule has 5 heterocycles. The molecule has 0 radical (unpaired) electrons. The Kier molecular flexibility index (Phi) is 4.65. The number of carbonyl (C=O) groups is 1. The first-order valence-corrected chi connectivity index (χ1v) is 10.2. The normalized spacial score (nSPS) is 23.0. The highest BCUT2D eigenvalue weighted by Crippen LogP contribution is 2.32. The first-order valence-electron chi connectivity index (χ1n) is 9.29. The first kappa shape index (κ1) is 17.4. The van der Waals surface area contributed by atoms with Crippen molar-refractivity contribution in [2.45, 2.75) is 52.1 Å². The first-order chi connectivity index (χ1) is 12.5. The third kappa shape index (κ3) is 3.32. The van der Waals surface area contributed by atoms with Crippen LogP contribution < -0.4 is 4.90 Å². The van der Waals surface area contributed by atoms with Crippen LogP contribution in [0, 0.1) is 12.8 Å². The van der Waals surface area contributed by atoms with Gasteiger partial charge in [0.25, 0.3) is 0 Å². The monoisotopic (exact) mass is 371 g/mol. The highest BCUT2D eigenvalue weighted by Gasteiger charge is 2.41. The molecular formula is C19H25N5OS. The molecule has 1 amide bonds. The van der Waals surface area contributed by atoms with Crippen LogP contribution in [-0.4, -0.2) is 44.9 Å². The second-order valence-corrected chi connectivity index (χ2v) is 8.38. The molecule has 2 aromatic heterocycles. The summed E-state index contributed by atoms with van der Waals surface area (Å²) >= 11 is 1.58. The Hall–Kier alpha value is -2.02. The summed E-state index contributed by atoms with van der Waals surface area (Å²) in [5, 5.41) is 2.03. The van der Waals surface area contributed by atoms with Crippen molar-refractivity contribution in [3.63, 3.8) is 0 Å². The van der Waals surface area contributed by atoms with Gasteiger partial charge in [-0.1, -0.05) is 13.8 Å². The maximum atomic E-state index is 13.0. The topological polar surface area (TPSA) is 62.2 Å². The van der Waals surface area contributed by atoms with Crippen molar-refractivity contribution in [3.8, 4) is 0 Å². The number of aromatic nitrogens is 3. The van der Waals surface area contributed by atoms with E-state index < -0.39 is 0 Å². The van der Waals surface area contributed by atoms with Gasteiger partial charge in [-0.2, -0.15) is 0 Å². The number of amides is 1. The zero-order valence-electron chi connectivity index (χ0n) is 15.6. The molecule has 6 nitrogen and oxygen atoms in total.